The second-order valence-corrected chi connectivity index (χ2v) is 3.20. The van der Waals surface area contributed by atoms with Crippen LogP contribution in [0.3, 0.4) is 0 Å². The Labute approximate surface area is 74.3 Å². The average molecular weight is 192 g/mol. The molecule has 1 fully saturated rings. The number of hydrogen-bond acceptors (Lipinski definition) is 3. The van der Waals surface area contributed by atoms with Crippen molar-refractivity contribution in [1.82, 2.24) is 0 Å². The topological polar surface area (TPSA) is 38.8 Å². The van der Waals surface area contributed by atoms with Crippen molar-refractivity contribution in [2.75, 3.05) is 13.2 Å². The number of carbonyl (C=O) groups excluding carboxylic acids is 1. The van der Waals surface area contributed by atoms with E-state index in [0.717, 1.165) is 6.92 Å². The van der Waals surface area contributed by atoms with Crippen molar-refractivity contribution in [2.45, 2.75) is 19.4 Å². The fourth-order valence-electron chi connectivity index (χ4n) is 0.610. The molecule has 13 heavy (non-hydrogen) atoms. The number of hydrogen-bond donors (Lipinski definition) is 0. The molecule has 0 aromatic carbocycles. The van der Waals surface area contributed by atoms with Gasteiger partial charge >= 0.3 is 5.97 Å². The van der Waals surface area contributed by atoms with Gasteiger partial charge in [0.15, 0.2) is 0 Å². The van der Waals surface area contributed by atoms with Gasteiger partial charge in [0.25, 0.3) is 6.08 Å². The summed E-state index contributed by atoms with van der Waals surface area (Å²) in [5, 5.41) is 0. The maximum atomic E-state index is 11.9. The summed E-state index contributed by atoms with van der Waals surface area (Å²) in [4.78, 5) is 10.8. The van der Waals surface area contributed by atoms with Crippen LogP contribution in [0.25, 0.3) is 0 Å². The molecule has 0 amide bonds. The molecule has 74 valence electrons. The van der Waals surface area contributed by atoms with E-state index in [-0.39, 0.29) is 6.61 Å². The van der Waals surface area contributed by atoms with E-state index < -0.39 is 23.2 Å². The van der Waals surface area contributed by atoms with Crippen LogP contribution in [-0.2, 0) is 14.3 Å². The zero-order valence-corrected chi connectivity index (χ0v) is 7.39. The van der Waals surface area contributed by atoms with Crippen LogP contribution in [0.4, 0.5) is 8.78 Å². The second-order valence-electron chi connectivity index (χ2n) is 3.20. The first-order valence-electron chi connectivity index (χ1n) is 3.77. The molecule has 1 rings (SSSR count). The van der Waals surface area contributed by atoms with Gasteiger partial charge in [-0.3, -0.25) is 0 Å². The molecule has 1 aliphatic rings. The normalized spacial score (nSPS) is 25.2. The smallest absolute Gasteiger partial charge is 0.339 e. The minimum absolute atomic E-state index is 0.0243. The van der Waals surface area contributed by atoms with Crippen LogP contribution in [0.2, 0.25) is 0 Å². The first kappa shape index (κ1) is 10.1. The highest BCUT2D eigenvalue weighted by atomic mass is 19.3. The Hall–Kier alpha value is -0.970. The van der Waals surface area contributed by atoms with Crippen molar-refractivity contribution in [3.8, 4) is 0 Å². The second kappa shape index (κ2) is 3.41. The van der Waals surface area contributed by atoms with Gasteiger partial charge < -0.3 is 9.47 Å². The molecule has 1 heterocycles. The number of esters is 1. The molecule has 0 aromatic rings. The van der Waals surface area contributed by atoms with E-state index in [9.17, 15) is 13.6 Å². The molecule has 1 unspecified atom stereocenters. The predicted molar refractivity (Wildman–Crippen MR) is 40.2 cm³/mol. The molecule has 0 spiro atoms. The zero-order valence-electron chi connectivity index (χ0n) is 7.39. The first-order chi connectivity index (χ1) is 5.94. The lowest BCUT2D eigenvalue weighted by Gasteiger charge is -2.06. The molecule has 0 N–H and O–H groups in total. The summed E-state index contributed by atoms with van der Waals surface area (Å²) in [6.07, 6.45) is -2.01. The molecule has 5 heteroatoms. The maximum absolute atomic E-state index is 11.9. The van der Waals surface area contributed by atoms with E-state index in [1.165, 1.54) is 0 Å². The Kier molecular flexibility index (Phi) is 2.66. The molecule has 1 aliphatic heterocycles. The van der Waals surface area contributed by atoms with E-state index in [1.807, 2.05) is 0 Å². The Balaban J connectivity index is 2.37. The van der Waals surface area contributed by atoms with Crippen LogP contribution < -0.4 is 0 Å². The zero-order chi connectivity index (χ0) is 10.1. The minimum Gasteiger partial charge on any atom is -0.459 e. The van der Waals surface area contributed by atoms with E-state index in [1.54, 1.807) is 6.92 Å². The van der Waals surface area contributed by atoms with Gasteiger partial charge in [0.2, 0.25) is 0 Å². The lowest BCUT2D eigenvalue weighted by molar-refractivity contribution is -0.140. The number of halogens is 2. The van der Waals surface area contributed by atoms with Crippen molar-refractivity contribution in [3.05, 3.63) is 11.7 Å². The predicted octanol–water partition coefficient (Wildman–Crippen LogP) is 1.49. The third-order valence-corrected chi connectivity index (χ3v) is 1.74. The Morgan fingerprint density at radius 1 is 1.62 bits per heavy atom. The van der Waals surface area contributed by atoms with Crippen molar-refractivity contribution in [3.63, 3.8) is 0 Å². The van der Waals surface area contributed by atoms with Crippen LogP contribution >= 0.6 is 0 Å². The Morgan fingerprint density at radius 3 is 2.54 bits per heavy atom. The largest absolute Gasteiger partial charge is 0.459 e. The number of carbonyl (C=O) groups is 1. The van der Waals surface area contributed by atoms with Gasteiger partial charge in [-0.25, -0.2) is 4.79 Å². The first-order valence-corrected chi connectivity index (χ1v) is 3.77. The maximum Gasteiger partial charge on any atom is 0.339 e. The highest BCUT2D eigenvalue weighted by molar-refractivity contribution is 5.87. The molecule has 0 bridgehead atoms. The number of rotatable bonds is 3. The molecule has 0 aromatic heterocycles. The molecule has 1 saturated heterocycles. The quantitative estimate of drug-likeness (QED) is 0.386. The Morgan fingerprint density at radius 2 is 2.15 bits per heavy atom. The molecule has 3 nitrogen and oxygen atoms in total. The summed E-state index contributed by atoms with van der Waals surface area (Å²) in [7, 11) is 0. The van der Waals surface area contributed by atoms with E-state index in [2.05, 4.69) is 4.74 Å². The van der Waals surface area contributed by atoms with Crippen molar-refractivity contribution >= 4 is 5.97 Å². The summed E-state index contributed by atoms with van der Waals surface area (Å²) >= 11 is 0. The molecule has 1 atom stereocenters. The van der Waals surface area contributed by atoms with Crippen molar-refractivity contribution < 1.29 is 23.0 Å². The highest BCUT2D eigenvalue weighted by Crippen LogP contribution is 2.26. The number of ether oxygens (including phenoxy) is 2. The van der Waals surface area contributed by atoms with Crippen molar-refractivity contribution in [2.24, 2.45) is 0 Å². The van der Waals surface area contributed by atoms with Gasteiger partial charge in [-0.1, -0.05) is 0 Å². The molecule has 0 saturated carbocycles. The average Bonchev–Trinajstić information content (AvgIpc) is 2.79. The van der Waals surface area contributed by atoms with Crippen molar-refractivity contribution in [1.29, 1.82) is 0 Å². The van der Waals surface area contributed by atoms with Crippen LogP contribution in [0.5, 0.6) is 0 Å². The van der Waals surface area contributed by atoms with Gasteiger partial charge in [0, 0.05) is 0 Å². The van der Waals surface area contributed by atoms with Crippen LogP contribution in [0, 0.1) is 0 Å². The third kappa shape index (κ3) is 2.77. The fraction of sp³-hybridized carbons (Fsp3) is 0.625. The lowest BCUT2D eigenvalue weighted by Crippen LogP contribution is -2.19. The molecule has 0 aliphatic carbocycles. The summed E-state index contributed by atoms with van der Waals surface area (Å²) in [6.45, 7) is 3.29. The molecular formula is C8H10F2O3. The number of epoxide rings is 1. The van der Waals surface area contributed by atoms with Gasteiger partial charge in [-0.2, -0.15) is 8.78 Å². The highest BCUT2D eigenvalue weighted by Gasteiger charge is 2.40. The van der Waals surface area contributed by atoms with Gasteiger partial charge in [-0.15, -0.1) is 0 Å². The molecular weight excluding hydrogens is 182 g/mol. The Bertz CT molecular complexity index is 252. The van der Waals surface area contributed by atoms with Crippen LogP contribution in [-0.4, -0.2) is 24.8 Å². The van der Waals surface area contributed by atoms with Gasteiger partial charge in [0.05, 0.1) is 12.2 Å². The van der Waals surface area contributed by atoms with E-state index in [4.69, 9.17) is 4.74 Å². The van der Waals surface area contributed by atoms with E-state index in [0.29, 0.717) is 6.61 Å². The van der Waals surface area contributed by atoms with Gasteiger partial charge in [0.1, 0.15) is 12.2 Å². The monoisotopic (exact) mass is 192 g/mol. The summed E-state index contributed by atoms with van der Waals surface area (Å²) < 4.78 is 33.2. The fourth-order valence-corrected chi connectivity index (χ4v) is 0.610. The third-order valence-electron chi connectivity index (χ3n) is 1.74. The minimum atomic E-state index is -2.01. The standard InChI is InChI=1S/C8H10F2O3/c1-5(6(9)10)7(11)12-3-8(2)4-13-8/h3-4H2,1-2H3. The molecule has 0 radical (unpaired) electrons. The van der Waals surface area contributed by atoms with E-state index >= 15 is 0 Å². The van der Waals surface area contributed by atoms with Gasteiger partial charge in [-0.05, 0) is 13.8 Å². The summed E-state index contributed by atoms with van der Waals surface area (Å²) in [5.74, 6) is -0.989. The summed E-state index contributed by atoms with van der Waals surface area (Å²) in [5.41, 5.74) is -1.10. The van der Waals surface area contributed by atoms with Crippen LogP contribution in [0.1, 0.15) is 13.8 Å². The van der Waals surface area contributed by atoms with Crippen LogP contribution in [0.15, 0.2) is 11.7 Å². The lowest BCUT2D eigenvalue weighted by atomic mass is 10.2. The SMILES string of the molecule is CC(C(=O)OCC1(C)CO1)=C(F)F. The summed E-state index contributed by atoms with van der Waals surface area (Å²) in [6, 6.07) is 0.